The monoisotopic (exact) mass is 532 g/mol. The highest BCUT2D eigenvalue weighted by atomic mass is 19.4. The molecule has 0 aliphatic rings. The van der Waals surface area contributed by atoms with Crippen LogP contribution in [0.1, 0.15) is 33.3 Å². The smallest absolute Gasteiger partial charge is 0.493 e. The predicted octanol–water partition coefficient (Wildman–Crippen LogP) is 6.39. The molecular formula is C23H15F7N2O5. The molecule has 0 radical (unpaired) electrons. The van der Waals surface area contributed by atoms with E-state index in [1.807, 2.05) is 0 Å². The molecule has 0 saturated heterocycles. The van der Waals surface area contributed by atoms with Gasteiger partial charge in [-0.15, -0.1) is 13.2 Å². The fraction of sp³-hybridized carbons (Fsp3) is 0.174. The van der Waals surface area contributed by atoms with E-state index in [-0.39, 0.29) is 23.0 Å². The number of anilines is 1. The van der Waals surface area contributed by atoms with Crippen LogP contribution in [0.5, 0.6) is 23.0 Å². The minimum absolute atomic E-state index is 0.0790. The number of pyridine rings is 1. The topological polar surface area (TPSA) is 86.8 Å². The van der Waals surface area contributed by atoms with Crippen LogP contribution in [-0.2, 0) is 6.18 Å². The Balaban J connectivity index is 2.05. The van der Waals surface area contributed by atoms with Gasteiger partial charge in [0.1, 0.15) is 28.6 Å². The van der Waals surface area contributed by atoms with Crippen molar-refractivity contribution in [3.05, 3.63) is 71.2 Å². The molecular weight excluding hydrogens is 517 g/mol. The average molecular weight is 532 g/mol. The highest BCUT2D eigenvalue weighted by Crippen LogP contribution is 2.40. The molecule has 0 fully saturated rings. The standard InChI is InChI=1S/C23H15F7N2O5/c1-11(33)14-4-3-5-18(31-14)32-21(34)19-16(9-7-13(20(19)24)22(25,26)27)36-15-8-6-12(10-17(15)35-2)37-23(28,29)30/h3-10H,1-2H3,(H,31,32,34). The van der Waals surface area contributed by atoms with Gasteiger partial charge in [0, 0.05) is 13.0 Å². The number of benzene rings is 2. The maximum absolute atomic E-state index is 15.0. The number of nitrogens with one attached hydrogen (secondary N) is 1. The van der Waals surface area contributed by atoms with Crippen LogP contribution in [0.3, 0.4) is 0 Å². The normalized spacial score (nSPS) is 11.6. The number of hydrogen-bond donors (Lipinski definition) is 1. The molecule has 3 rings (SSSR count). The molecule has 2 aromatic carbocycles. The number of nitrogens with zero attached hydrogens (tertiary/aromatic N) is 1. The van der Waals surface area contributed by atoms with E-state index in [4.69, 9.17) is 9.47 Å². The first-order chi connectivity index (χ1) is 17.2. The molecule has 1 heterocycles. The molecule has 14 heteroatoms. The van der Waals surface area contributed by atoms with Crippen LogP contribution in [0.2, 0.25) is 0 Å². The van der Waals surface area contributed by atoms with Crippen molar-refractivity contribution < 1.29 is 54.5 Å². The SMILES string of the molecule is COc1cc(OC(F)(F)F)ccc1Oc1ccc(C(F)(F)F)c(F)c1C(=O)Nc1cccc(C(C)=O)n1. The third-order valence-electron chi connectivity index (χ3n) is 4.58. The summed E-state index contributed by atoms with van der Waals surface area (Å²) in [5.74, 6) is -6.32. The van der Waals surface area contributed by atoms with Crippen molar-refractivity contribution in [3.63, 3.8) is 0 Å². The van der Waals surface area contributed by atoms with E-state index in [1.54, 1.807) is 0 Å². The molecule has 0 unspecified atom stereocenters. The number of hydrogen-bond acceptors (Lipinski definition) is 6. The zero-order chi connectivity index (χ0) is 27.5. The van der Waals surface area contributed by atoms with E-state index in [1.165, 1.54) is 25.1 Å². The van der Waals surface area contributed by atoms with E-state index in [9.17, 15) is 35.9 Å². The predicted molar refractivity (Wildman–Crippen MR) is 113 cm³/mol. The van der Waals surface area contributed by atoms with Crippen LogP contribution in [0, 0.1) is 5.82 Å². The maximum atomic E-state index is 15.0. The summed E-state index contributed by atoms with van der Waals surface area (Å²) in [6.45, 7) is 1.19. The number of carbonyl (C=O) groups excluding carboxylic acids is 2. The fourth-order valence-electron chi connectivity index (χ4n) is 3.00. The van der Waals surface area contributed by atoms with Crippen LogP contribution < -0.4 is 19.5 Å². The molecule has 0 aliphatic heterocycles. The molecule has 37 heavy (non-hydrogen) atoms. The first-order valence-electron chi connectivity index (χ1n) is 10.00. The zero-order valence-corrected chi connectivity index (χ0v) is 18.8. The number of amides is 1. The summed E-state index contributed by atoms with van der Waals surface area (Å²) in [6.07, 6.45) is -10.2. The summed E-state index contributed by atoms with van der Waals surface area (Å²) < 4.78 is 107. The fourth-order valence-corrected chi connectivity index (χ4v) is 3.00. The molecule has 1 N–H and O–H groups in total. The van der Waals surface area contributed by atoms with Gasteiger partial charge in [-0.3, -0.25) is 9.59 Å². The van der Waals surface area contributed by atoms with Gasteiger partial charge in [0.05, 0.1) is 12.7 Å². The Labute approximate surface area is 203 Å². The van der Waals surface area contributed by atoms with E-state index < -0.39 is 52.7 Å². The van der Waals surface area contributed by atoms with Crippen molar-refractivity contribution in [2.45, 2.75) is 19.5 Å². The third-order valence-corrected chi connectivity index (χ3v) is 4.58. The quantitative estimate of drug-likeness (QED) is 0.280. The molecule has 0 spiro atoms. The van der Waals surface area contributed by atoms with E-state index in [0.717, 1.165) is 25.3 Å². The maximum Gasteiger partial charge on any atom is 0.573 e. The Kier molecular flexibility index (Phi) is 7.60. The van der Waals surface area contributed by atoms with E-state index in [2.05, 4.69) is 15.0 Å². The van der Waals surface area contributed by atoms with Gasteiger partial charge in [-0.1, -0.05) is 6.07 Å². The second-order valence-corrected chi connectivity index (χ2v) is 7.18. The highest BCUT2D eigenvalue weighted by molar-refractivity contribution is 6.06. The summed E-state index contributed by atoms with van der Waals surface area (Å²) in [7, 11) is 1.05. The van der Waals surface area contributed by atoms with Crippen molar-refractivity contribution in [2.75, 3.05) is 12.4 Å². The van der Waals surface area contributed by atoms with Crippen molar-refractivity contribution >= 4 is 17.5 Å². The summed E-state index contributed by atoms with van der Waals surface area (Å²) in [5.41, 5.74) is -3.05. The second kappa shape index (κ2) is 10.3. The summed E-state index contributed by atoms with van der Waals surface area (Å²) >= 11 is 0. The van der Waals surface area contributed by atoms with Crippen LogP contribution in [0.25, 0.3) is 0 Å². The lowest BCUT2D eigenvalue weighted by Crippen LogP contribution is -2.19. The molecule has 196 valence electrons. The number of carbonyl (C=O) groups is 2. The van der Waals surface area contributed by atoms with Crippen molar-refractivity contribution in [2.24, 2.45) is 0 Å². The first kappa shape index (κ1) is 27.2. The molecule has 0 aliphatic carbocycles. The van der Waals surface area contributed by atoms with Crippen LogP contribution in [0.4, 0.5) is 36.6 Å². The van der Waals surface area contributed by atoms with Gasteiger partial charge >= 0.3 is 12.5 Å². The Hall–Kier alpha value is -4.36. The average Bonchev–Trinajstić information content (AvgIpc) is 2.78. The van der Waals surface area contributed by atoms with Crippen molar-refractivity contribution in [3.8, 4) is 23.0 Å². The number of halogens is 7. The minimum Gasteiger partial charge on any atom is -0.493 e. The number of Topliss-reactive ketones (excluding diaryl/α,β-unsaturated/α-hetero) is 1. The van der Waals surface area contributed by atoms with Crippen molar-refractivity contribution in [1.82, 2.24) is 4.98 Å². The summed E-state index contributed by atoms with van der Waals surface area (Å²) in [6, 6.07) is 7.31. The lowest BCUT2D eigenvalue weighted by atomic mass is 10.1. The lowest BCUT2D eigenvalue weighted by Gasteiger charge is -2.17. The van der Waals surface area contributed by atoms with Gasteiger partial charge < -0.3 is 19.5 Å². The van der Waals surface area contributed by atoms with Gasteiger partial charge in [0.2, 0.25) is 0 Å². The molecule has 7 nitrogen and oxygen atoms in total. The second-order valence-electron chi connectivity index (χ2n) is 7.18. The summed E-state index contributed by atoms with van der Waals surface area (Å²) in [5, 5.41) is 2.10. The zero-order valence-electron chi connectivity index (χ0n) is 18.8. The molecule has 3 aromatic rings. The minimum atomic E-state index is -5.18. The number of ether oxygens (including phenoxy) is 3. The summed E-state index contributed by atoms with van der Waals surface area (Å²) in [4.78, 5) is 28.2. The molecule has 0 bridgehead atoms. The Morgan fingerprint density at radius 3 is 2.19 bits per heavy atom. The number of methoxy groups -OCH3 is 1. The number of ketones is 1. The van der Waals surface area contributed by atoms with E-state index >= 15 is 4.39 Å². The van der Waals surface area contributed by atoms with Gasteiger partial charge in [-0.25, -0.2) is 9.37 Å². The Bertz CT molecular complexity index is 1340. The molecule has 1 amide bonds. The highest BCUT2D eigenvalue weighted by Gasteiger charge is 2.38. The third kappa shape index (κ3) is 6.65. The van der Waals surface area contributed by atoms with Gasteiger partial charge in [-0.2, -0.15) is 13.2 Å². The van der Waals surface area contributed by atoms with Crippen LogP contribution >= 0.6 is 0 Å². The Morgan fingerprint density at radius 1 is 0.919 bits per heavy atom. The van der Waals surface area contributed by atoms with Gasteiger partial charge in [0.25, 0.3) is 5.91 Å². The van der Waals surface area contributed by atoms with Gasteiger partial charge in [0.15, 0.2) is 23.1 Å². The molecule has 0 atom stereocenters. The number of alkyl halides is 6. The molecule has 0 saturated carbocycles. The first-order valence-corrected chi connectivity index (χ1v) is 10.00. The number of aromatic nitrogens is 1. The largest absolute Gasteiger partial charge is 0.573 e. The van der Waals surface area contributed by atoms with E-state index in [0.29, 0.717) is 12.1 Å². The molecule has 1 aromatic heterocycles. The van der Waals surface area contributed by atoms with Crippen LogP contribution in [0.15, 0.2) is 48.5 Å². The Morgan fingerprint density at radius 2 is 1.59 bits per heavy atom. The van der Waals surface area contributed by atoms with Gasteiger partial charge in [-0.05, 0) is 36.4 Å². The van der Waals surface area contributed by atoms with Crippen molar-refractivity contribution in [1.29, 1.82) is 0 Å². The number of rotatable bonds is 7. The van der Waals surface area contributed by atoms with Crippen LogP contribution in [-0.4, -0.2) is 30.1 Å². The lowest BCUT2D eigenvalue weighted by molar-refractivity contribution is -0.274.